The Morgan fingerprint density at radius 1 is 1.41 bits per heavy atom. The highest BCUT2D eigenvalue weighted by Crippen LogP contribution is 2.26. The highest BCUT2D eigenvalue weighted by atomic mass is 16.5. The van der Waals surface area contributed by atoms with E-state index in [0.717, 1.165) is 29.1 Å². The molecule has 1 aliphatic rings. The Morgan fingerprint density at radius 3 is 3.00 bits per heavy atom. The van der Waals surface area contributed by atoms with Crippen LogP contribution in [0.3, 0.4) is 0 Å². The van der Waals surface area contributed by atoms with Crippen LogP contribution in [0.1, 0.15) is 17.0 Å². The van der Waals surface area contributed by atoms with E-state index in [2.05, 4.69) is 10.4 Å². The standard InChI is InChI=1S/C17H21N3O2/c1-12-9-13(2)20(19-12)8-7-18-17(21)15-10-14-5-3-4-6-16(14)22-11-15/h3-6,9,15H,7-8,10-11H2,1-2H3,(H,18,21)/t15-/m1/s1. The van der Waals surface area contributed by atoms with Gasteiger partial charge in [0.25, 0.3) is 0 Å². The van der Waals surface area contributed by atoms with E-state index in [9.17, 15) is 4.79 Å². The lowest BCUT2D eigenvalue weighted by atomic mass is 9.96. The second-order valence-electron chi connectivity index (χ2n) is 5.76. The van der Waals surface area contributed by atoms with Crippen molar-refractivity contribution in [3.05, 3.63) is 47.3 Å². The molecule has 116 valence electrons. The van der Waals surface area contributed by atoms with Gasteiger partial charge in [0.1, 0.15) is 12.4 Å². The van der Waals surface area contributed by atoms with E-state index in [4.69, 9.17) is 4.74 Å². The van der Waals surface area contributed by atoms with Gasteiger partial charge in [-0.15, -0.1) is 0 Å². The normalized spacial score (nSPS) is 16.7. The lowest BCUT2D eigenvalue weighted by Crippen LogP contribution is -2.38. The van der Waals surface area contributed by atoms with Crippen LogP contribution in [0, 0.1) is 19.8 Å². The Kier molecular flexibility index (Phi) is 4.13. The van der Waals surface area contributed by atoms with Crippen LogP contribution in [0.15, 0.2) is 30.3 Å². The van der Waals surface area contributed by atoms with Crippen LogP contribution in [0.4, 0.5) is 0 Å². The van der Waals surface area contributed by atoms with Crippen molar-refractivity contribution >= 4 is 5.91 Å². The minimum atomic E-state index is -0.115. The largest absolute Gasteiger partial charge is 0.492 e. The Balaban J connectivity index is 1.52. The second-order valence-corrected chi connectivity index (χ2v) is 5.76. The number of aromatic nitrogens is 2. The smallest absolute Gasteiger partial charge is 0.226 e. The fraction of sp³-hybridized carbons (Fsp3) is 0.412. The van der Waals surface area contributed by atoms with Crippen LogP contribution in [0.5, 0.6) is 5.75 Å². The maximum atomic E-state index is 12.3. The lowest BCUT2D eigenvalue weighted by molar-refractivity contribution is -0.126. The first-order chi connectivity index (χ1) is 10.6. The molecule has 1 N–H and O–H groups in total. The van der Waals surface area contributed by atoms with Crippen LogP contribution < -0.4 is 10.1 Å². The third-order valence-corrected chi connectivity index (χ3v) is 3.98. The molecule has 0 spiro atoms. The van der Waals surface area contributed by atoms with Gasteiger partial charge < -0.3 is 10.1 Å². The van der Waals surface area contributed by atoms with Gasteiger partial charge in [-0.05, 0) is 38.0 Å². The van der Waals surface area contributed by atoms with Crippen LogP contribution in [0.2, 0.25) is 0 Å². The summed E-state index contributed by atoms with van der Waals surface area (Å²) in [5.74, 6) is 0.834. The monoisotopic (exact) mass is 299 g/mol. The number of ether oxygens (including phenoxy) is 1. The molecule has 3 rings (SSSR count). The van der Waals surface area contributed by atoms with E-state index in [1.807, 2.05) is 48.9 Å². The molecule has 1 aliphatic heterocycles. The molecule has 2 heterocycles. The summed E-state index contributed by atoms with van der Waals surface area (Å²) in [5.41, 5.74) is 3.22. The van der Waals surface area contributed by atoms with E-state index in [1.165, 1.54) is 0 Å². The molecular weight excluding hydrogens is 278 g/mol. The second kappa shape index (κ2) is 6.22. The third kappa shape index (κ3) is 3.13. The van der Waals surface area contributed by atoms with Crippen molar-refractivity contribution < 1.29 is 9.53 Å². The average molecular weight is 299 g/mol. The molecule has 0 bridgehead atoms. The van der Waals surface area contributed by atoms with Crippen molar-refractivity contribution in [3.8, 4) is 5.75 Å². The number of nitrogens with zero attached hydrogens (tertiary/aromatic N) is 2. The zero-order chi connectivity index (χ0) is 15.5. The summed E-state index contributed by atoms with van der Waals surface area (Å²) in [5, 5.41) is 7.38. The van der Waals surface area contributed by atoms with Gasteiger partial charge in [0, 0.05) is 12.2 Å². The van der Waals surface area contributed by atoms with E-state index in [0.29, 0.717) is 19.7 Å². The summed E-state index contributed by atoms with van der Waals surface area (Å²) in [6.45, 7) is 5.71. The lowest BCUT2D eigenvalue weighted by Gasteiger charge is -2.24. The number of carbonyl (C=O) groups is 1. The number of rotatable bonds is 4. The number of amides is 1. The van der Waals surface area contributed by atoms with E-state index in [1.54, 1.807) is 0 Å². The highest BCUT2D eigenvalue weighted by molar-refractivity contribution is 5.79. The van der Waals surface area contributed by atoms with Gasteiger partial charge in [-0.25, -0.2) is 0 Å². The molecular formula is C17H21N3O2. The maximum Gasteiger partial charge on any atom is 0.226 e. The van der Waals surface area contributed by atoms with Gasteiger partial charge >= 0.3 is 0 Å². The van der Waals surface area contributed by atoms with E-state index in [-0.39, 0.29) is 11.8 Å². The number of nitrogens with one attached hydrogen (secondary N) is 1. The number of para-hydroxylation sites is 1. The minimum absolute atomic E-state index is 0.0519. The van der Waals surface area contributed by atoms with Crippen molar-refractivity contribution in [2.75, 3.05) is 13.2 Å². The summed E-state index contributed by atoms with van der Waals surface area (Å²) in [7, 11) is 0. The number of hydrogen-bond acceptors (Lipinski definition) is 3. The van der Waals surface area contributed by atoms with Gasteiger partial charge in [-0.2, -0.15) is 5.10 Å². The average Bonchev–Trinajstić information content (AvgIpc) is 2.84. The molecule has 0 unspecified atom stereocenters. The summed E-state index contributed by atoms with van der Waals surface area (Å²) < 4.78 is 7.58. The minimum Gasteiger partial charge on any atom is -0.492 e. The molecule has 0 fully saturated rings. The van der Waals surface area contributed by atoms with Crippen LogP contribution in [-0.4, -0.2) is 28.8 Å². The Hall–Kier alpha value is -2.30. The van der Waals surface area contributed by atoms with Crippen LogP contribution in [0.25, 0.3) is 0 Å². The van der Waals surface area contributed by atoms with Gasteiger partial charge in [0.2, 0.25) is 5.91 Å². The van der Waals surface area contributed by atoms with Gasteiger partial charge in [0.05, 0.1) is 18.2 Å². The Morgan fingerprint density at radius 2 is 2.23 bits per heavy atom. The van der Waals surface area contributed by atoms with Crippen molar-refractivity contribution in [1.82, 2.24) is 15.1 Å². The Bertz CT molecular complexity index is 678. The van der Waals surface area contributed by atoms with Crippen LogP contribution in [-0.2, 0) is 17.8 Å². The predicted molar refractivity (Wildman–Crippen MR) is 83.8 cm³/mol. The highest BCUT2D eigenvalue weighted by Gasteiger charge is 2.25. The summed E-state index contributed by atoms with van der Waals surface area (Å²) >= 11 is 0. The van der Waals surface area contributed by atoms with Crippen molar-refractivity contribution in [2.45, 2.75) is 26.8 Å². The maximum absolute atomic E-state index is 12.3. The van der Waals surface area contributed by atoms with Gasteiger partial charge in [0.15, 0.2) is 0 Å². The number of hydrogen-bond donors (Lipinski definition) is 1. The fourth-order valence-electron chi connectivity index (χ4n) is 2.83. The molecule has 1 aromatic heterocycles. The Labute approximate surface area is 130 Å². The van der Waals surface area contributed by atoms with Crippen molar-refractivity contribution in [1.29, 1.82) is 0 Å². The van der Waals surface area contributed by atoms with Crippen molar-refractivity contribution in [2.24, 2.45) is 5.92 Å². The number of benzene rings is 1. The molecule has 5 nitrogen and oxygen atoms in total. The zero-order valence-electron chi connectivity index (χ0n) is 13.0. The van der Waals surface area contributed by atoms with Gasteiger partial charge in [-0.1, -0.05) is 18.2 Å². The quantitative estimate of drug-likeness (QED) is 0.937. The van der Waals surface area contributed by atoms with Crippen molar-refractivity contribution in [3.63, 3.8) is 0 Å². The van der Waals surface area contributed by atoms with Crippen LogP contribution >= 0.6 is 0 Å². The summed E-state index contributed by atoms with van der Waals surface area (Å²) in [4.78, 5) is 12.3. The first kappa shape index (κ1) is 14.6. The van der Waals surface area contributed by atoms with E-state index < -0.39 is 0 Å². The molecule has 1 amide bonds. The third-order valence-electron chi connectivity index (χ3n) is 3.98. The summed E-state index contributed by atoms with van der Waals surface area (Å²) in [6, 6.07) is 9.93. The molecule has 1 aromatic carbocycles. The topological polar surface area (TPSA) is 56.2 Å². The molecule has 5 heteroatoms. The van der Waals surface area contributed by atoms with E-state index >= 15 is 0 Å². The SMILES string of the molecule is Cc1cc(C)n(CCNC(=O)[C@H]2COc3ccccc3C2)n1. The molecule has 0 radical (unpaired) electrons. The molecule has 0 saturated heterocycles. The predicted octanol–water partition coefficient (Wildman–Crippen LogP) is 1.87. The first-order valence-corrected chi connectivity index (χ1v) is 7.63. The molecule has 1 atom stereocenters. The molecule has 0 saturated carbocycles. The molecule has 22 heavy (non-hydrogen) atoms. The molecule has 0 aliphatic carbocycles. The first-order valence-electron chi connectivity index (χ1n) is 7.63. The number of fused-ring (bicyclic) bond motifs is 1. The zero-order valence-corrected chi connectivity index (χ0v) is 13.0. The van der Waals surface area contributed by atoms with Gasteiger partial charge in [-0.3, -0.25) is 9.48 Å². The number of aryl methyl sites for hydroxylation is 2. The molecule has 2 aromatic rings. The number of carbonyl (C=O) groups excluding carboxylic acids is 1. The fourth-order valence-corrected chi connectivity index (χ4v) is 2.83. The summed E-state index contributed by atoms with van der Waals surface area (Å²) in [6.07, 6.45) is 0.738.